The van der Waals surface area contributed by atoms with Gasteiger partial charge in [-0.1, -0.05) is 18.2 Å². The molecular weight excluding hydrogens is 449 g/mol. The normalized spacial score (nSPS) is 14.5. The summed E-state index contributed by atoms with van der Waals surface area (Å²) in [5, 5.41) is 5.58. The molecule has 1 fully saturated rings. The van der Waals surface area contributed by atoms with Crippen molar-refractivity contribution in [2.75, 3.05) is 39.4 Å². The van der Waals surface area contributed by atoms with Crippen LogP contribution in [0.3, 0.4) is 0 Å². The molecule has 2 amide bonds. The number of benzene rings is 2. The van der Waals surface area contributed by atoms with Crippen molar-refractivity contribution in [3.05, 3.63) is 89.6 Å². The molecule has 1 saturated heterocycles. The molecule has 182 valence electrons. The van der Waals surface area contributed by atoms with Crippen LogP contribution in [0.2, 0.25) is 0 Å². The number of amides is 2. The molecule has 35 heavy (non-hydrogen) atoms. The third-order valence-electron chi connectivity index (χ3n) is 5.61. The lowest BCUT2D eigenvalue weighted by Gasteiger charge is -2.26. The maximum Gasteiger partial charge on any atom is 0.267 e. The van der Waals surface area contributed by atoms with Gasteiger partial charge in [-0.2, -0.15) is 0 Å². The van der Waals surface area contributed by atoms with Crippen molar-refractivity contribution in [3.63, 3.8) is 0 Å². The predicted molar refractivity (Wildman–Crippen MR) is 131 cm³/mol. The Balaban J connectivity index is 1.45. The lowest BCUT2D eigenvalue weighted by molar-refractivity contribution is -0.117. The first-order valence-electron chi connectivity index (χ1n) is 11.6. The average molecular weight is 478 g/mol. The molecule has 0 radical (unpaired) electrons. The SMILES string of the molecule is O=C(NCCCN1CCOCC1)/C(=C\c1ccc(-c2ccc(F)cc2)o1)NC(=O)c1ccccc1. The number of furan rings is 1. The van der Waals surface area contributed by atoms with Gasteiger partial charge in [0.15, 0.2) is 0 Å². The molecule has 0 saturated carbocycles. The molecular formula is C27H28FN3O4. The summed E-state index contributed by atoms with van der Waals surface area (Å²) in [4.78, 5) is 28.0. The number of morpholine rings is 1. The van der Waals surface area contributed by atoms with E-state index in [0.29, 0.717) is 29.2 Å². The highest BCUT2D eigenvalue weighted by Gasteiger charge is 2.16. The predicted octanol–water partition coefficient (Wildman–Crippen LogP) is 3.70. The van der Waals surface area contributed by atoms with Gasteiger partial charge in [0.2, 0.25) is 0 Å². The number of hydrogen-bond donors (Lipinski definition) is 2. The van der Waals surface area contributed by atoms with Crippen LogP contribution >= 0.6 is 0 Å². The summed E-state index contributed by atoms with van der Waals surface area (Å²) >= 11 is 0. The third kappa shape index (κ3) is 7.11. The molecule has 2 aromatic carbocycles. The van der Waals surface area contributed by atoms with Crippen LogP contribution in [0, 0.1) is 5.82 Å². The molecule has 0 unspecified atom stereocenters. The van der Waals surface area contributed by atoms with E-state index in [1.165, 1.54) is 18.2 Å². The van der Waals surface area contributed by atoms with E-state index in [9.17, 15) is 14.0 Å². The van der Waals surface area contributed by atoms with Crippen LogP contribution in [0.1, 0.15) is 22.5 Å². The molecule has 1 aromatic heterocycles. The van der Waals surface area contributed by atoms with Crippen molar-refractivity contribution in [1.29, 1.82) is 0 Å². The average Bonchev–Trinajstić information content (AvgIpc) is 3.36. The number of carbonyl (C=O) groups excluding carboxylic acids is 2. The third-order valence-corrected chi connectivity index (χ3v) is 5.61. The van der Waals surface area contributed by atoms with E-state index in [-0.39, 0.29) is 11.5 Å². The van der Waals surface area contributed by atoms with Gasteiger partial charge in [-0.05, 0) is 61.5 Å². The van der Waals surface area contributed by atoms with E-state index in [0.717, 1.165) is 39.3 Å². The molecule has 3 aromatic rings. The molecule has 0 atom stereocenters. The Kier molecular flexibility index (Phi) is 8.43. The zero-order valence-corrected chi connectivity index (χ0v) is 19.3. The quantitative estimate of drug-likeness (QED) is 0.363. The second-order valence-corrected chi connectivity index (χ2v) is 8.15. The number of hydrogen-bond acceptors (Lipinski definition) is 5. The van der Waals surface area contributed by atoms with Crippen molar-refractivity contribution in [1.82, 2.24) is 15.5 Å². The standard InChI is InChI=1S/C27H28FN3O4/c28-22-9-7-20(8-10-22)25-12-11-23(35-25)19-24(30-26(32)21-5-2-1-3-6-21)27(33)29-13-4-14-31-15-17-34-18-16-31/h1-3,5-12,19H,4,13-18H2,(H,29,33)(H,30,32)/b24-19+. The Morgan fingerprint density at radius 1 is 0.971 bits per heavy atom. The van der Waals surface area contributed by atoms with E-state index in [1.54, 1.807) is 48.5 Å². The zero-order valence-electron chi connectivity index (χ0n) is 19.3. The van der Waals surface area contributed by atoms with E-state index in [1.807, 2.05) is 6.07 Å². The topological polar surface area (TPSA) is 83.8 Å². The molecule has 1 aliphatic rings. The van der Waals surface area contributed by atoms with Gasteiger partial charge in [-0.15, -0.1) is 0 Å². The van der Waals surface area contributed by atoms with Crippen LogP contribution in [0.4, 0.5) is 4.39 Å². The molecule has 0 aliphatic carbocycles. The molecule has 1 aliphatic heterocycles. The summed E-state index contributed by atoms with van der Waals surface area (Å²) in [6.45, 7) is 4.57. The van der Waals surface area contributed by atoms with Crippen LogP contribution in [0.15, 0.2) is 76.8 Å². The van der Waals surface area contributed by atoms with Crippen LogP contribution < -0.4 is 10.6 Å². The fourth-order valence-corrected chi connectivity index (χ4v) is 3.71. The summed E-state index contributed by atoms with van der Waals surface area (Å²) in [6, 6.07) is 18.0. The second-order valence-electron chi connectivity index (χ2n) is 8.15. The Hall–Kier alpha value is -3.75. The Bertz CT molecular complexity index is 1150. The number of nitrogens with zero attached hydrogens (tertiary/aromatic N) is 1. The molecule has 7 nitrogen and oxygen atoms in total. The van der Waals surface area contributed by atoms with Crippen LogP contribution in [-0.2, 0) is 9.53 Å². The molecule has 0 spiro atoms. The highest BCUT2D eigenvalue weighted by atomic mass is 19.1. The first-order valence-corrected chi connectivity index (χ1v) is 11.6. The van der Waals surface area contributed by atoms with Gasteiger partial charge in [0.25, 0.3) is 11.8 Å². The van der Waals surface area contributed by atoms with Crippen molar-refractivity contribution >= 4 is 17.9 Å². The van der Waals surface area contributed by atoms with Crippen LogP contribution in [-0.4, -0.2) is 56.1 Å². The minimum absolute atomic E-state index is 0.0743. The second kappa shape index (κ2) is 12.1. The Morgan fingerprint density at radius 3 is 2.46 bits per heavy atom. The fraction of sp³-hybridized carbons (Fsp3) is 0.259. The maximum absolute atomic E-state index is 13.2. The van der Waals surface area contributed by atoms with Crippen molar-refractivity contribution in [2.45, 2.75) is 6.42 Å². The van der Waals surface area contributed by atoms with Gasteiger partial charge in [-0.3, -0.25) is 14.5 Å². The van der Waals surface area contributed by atoms with Crippen LogP contribution in [0.5, 0.6) is 0 Å². The zero-order chi connectivity index (χ0) is 24.5. The summed E-state index contributed by atoms with van der Waals surface area (Å²) in [5.74, 6) is -0.231. The van der Waals surface area contributed by atoms with Crippen molar-refractivity contribution < 1.29 is 23.1 Å². The van der Waals surface area contributed by atoms with Crippen molar-refractivity contribution in [3.8, 4) is 11.3 Å². The number of carbonyl (C=O) groups is 2. The van der Waals surface area contributed by atoms with E-state index >= 15 is 0 Å². The molecule has 4 rings (SSSR count). The monoisotopic (exact) mass is 477 g/mol. The highest BCUT2D eigenvalue weighted by Crippen LogP contribution is 2.23. The minimum Gasteiger partial charge on any atom is -0.457 e. The summed E-state index contributed by atoms with van der Waals surface area (Å²) < 4.78 is 24.4. The summed E-state index contributed by atoms with van der Waals surface area (Å²) in [7, 11) is 0. The Morgan fingerprint density at radius 2 is 1.71 bits per heavy atom. The smallest absolute Gasteiger partial charge is 0.267 e. The van der Waals surface area contributed by atoms with Gasteiger partial charge >= 0.3 is 0 Å². The van der Waals surface area contributed by atoms with Gasteiger partial charge in [0.1, 0.15) is 23.0 Å². The van der Waals surface area contributed by atoms with Crippen LogP contribution in [0.25, 0.3) is 17.4 Å². The lowest BCUT2D eigenvalue weighted by atomic mass is 10.2. The fourth-order valence-electron chi connectivity index (χ4n) is 3.71. The number of halogens is 1. The molecule has 2 heterocycles. The maximum atomic E-state index is 13.2. The minimum atomic E-state index is -0.406. The highest BCUT2D eigenvalue weighted by molar-refractivity contribution is 6.05. The molecule has 2 N–H and O–H groups in total. The molecule has 0 bridgehead atoms. The van der Waals surface area contributed by atoms with E-state index in [4.69, 9.17) is 9.15 Å². The number of rotatable bonds is 9. The first kappa shape index (κ1) is 24.4. The van der Waals surface area contributed by atoms with Crippen molar-refractivity contribution in [2.24, 2.45) is 0 Å². The first-order chi connectivity index (χ1) is 17.1. The van der Waals surface area contributed by atoms with Gasteiger partial charge in [0, 0.05) is 36.8 Å². The summed E-state index contributed by atoms with van der Waals surface area (Å²) in [6.07, 6.45) is 2.27. The number of ether oxygens (including phenoxy) is 1. The lowest BCUT2D eigenvalue weighted by Crippen LogP contribution is -2.39. The summed E-state index contributed by atoms with van der Waals surface area (Å²) in [5.41, 5.74) is 1.21. The van der Waals surface area contributed by atoms with Gasteiger partial charge in [0.05, 0.1) is 13.2 Å². The van der Waals surface area contributed by atoms with Gasteiger partial charge in [-0.25, -0.2) is 4.39 Å². The Labute approximate surface area is 203 Å². The number of nitrogens with one attached hydrogen (secondary N) is 2. The van der Waals surface area contributed by atoms with E-state index < -0.39 is 11.8 Å². The molecule has 8 heteroatoms. The van der Waals surface area contributed by atoms with Gasteiger partial charge < -0.3 is 19.8 Å². The largest absolute Gasteiger partial charge is 0.457 e. The van der Waals surface area contributed by atoms with E-state index in [2.05, 4.69) is 15.5 Å².